The summed E-state index contributed by atoms with van der Waals surface area (Å²) in [7, 11) is 0. The van der Waals surface area contributed by atoms with Gasteiger partial charge < -0.3 is 5.32 Å². The van der Waals surface area contributed by atoms with Gasteiger partial charge in [0.05, 0.1) is 0 Å². The second-order valence-electron chi connectivity index (χ2n) is 5.11. The Morgan fingerprint density at radius 1 is 1.12 bits per heavy atom. The summed E-state index contributed by atoms with van der Waals surface area (Å²) in [6.07, 6.45) is 6.91. The SMILES string of the molecule is CCCNC1CCC(N2CCSCC2)CC1. The van der Waals surface area contributed by atoms with Gasteiger partial charge in [-0.25, -0.2) is 0 Å². The van der Waals surface area contributed by atoms with Crippen molar-refractivity contribution in [2.45, 2.75) is 51.1 Å². The molecule has 3 heteroatoms. The lowest BCUT2D eigenvalue weighted by Gasteiger charge is -2.38. The van der Waals surface area contributed by atoms with Crippen LogP contribution in [0.25, 0.3) is 0 Å². The minimum absolute atomic E-state index is 0.815. The van der Waals surface area contributed by atoms with Crippen LogP contribution in [0.4, 0.5) is 0 Å². The lowest BCUT2D eigenvalue weighted by atomic mass is 9.90. The molecule has 1 heterocycles. The molecule has 1 saturated carbocycles. The average Bonchev–Trinajstić information content (AvgIpc) is 2.38. The van der Waals surface area contributed by atoms with Gasteiger partial charge in [-0.15, -0.1) is 0 Å². The molecule has 2 nitrogen and oxygen atoms in total. The molecule has 0 bridgehead atoms. The Balaban J connectivity index is 1.67. The molecule has 1 saturated heterocycles. The number of hydrogen-bond acceptors (Lipinski definition) is 3. The number of thioether (sulfide) groups is 1. The Kier molecular flexibility index (Phi) is 5.46. The summed E-state index contributed by atoms with van der Waals surface area (Å²) in [6, 6.07) is 1.72. The van der Waals surface area contributed by atoms with E-state index in [1.54, 1.807) is 0 Å². The molecular formula is C13H26N2S. The first kappa shape index (κ1) is 12.7. The Morgan fingerprint density at radius 3 is 2.44 bits per heavy atom. The van der Waals surface area contributed by atoms with Crippen LogP contribution in [0.15, 0.2) is 0 Å². The van der Waals surface area contributed by atoms with Gasteiger partial charge in [0.2, 0.25) is 0 Å². The molecule has 16 heavy (non-hydrogen) atoms. The van der Waals surface area contributed by atoms with Crippen LogP contribution in [0, 0.1) is 0 Å². The van der Waals surface area contributed by atoms with Crippen molar-refractivity contribution in [3.8, 4) is 0 Å². The summed E-state index contributed by atoms with van der Waals surface area (Å²) in [4.78, 5) is 2.74. The molecule has 2 aliphatic rings. The van der Waals surface area contributed by atoms with Crippen LogP contribution in [0.2, 0.25) is 0 Å². The lowest BCUT2D eigenvalue weighted by molar-refractivity contribution is 0.156. The number of nitrogens with one attached hydrogen (secondary N) is 1. The highest BCUT2D eigenvalue weighted by atomic mass is 32.2. The largest absolute Gasteiger partial charge is 0.314 e. The van der Waals surface area contributed by atoms with Gasteiger partial charge in [0.1, 0.15) is 0 Å². The number of rotatable bonds is 4. The predicted molar refractivity (Wildman–Crippen MR) is 73.2 cm³/mol. The van der Waals surface area contributed by atoms with Crippen molar-refractivity contribution in [2.75, 3.05) is 31.1 Å². The van der Waals surface area contributed by atoms with Crippen molar-refractivity contribution in [3.63, 3.8) is 0 Å². The lowest BCUT2D eigenvalue weighted by Crippen LogP contribution is -2.45. The zero-order valence-corrected chi connectivity index (χ0v) is 11.4. The van der Waals surface area contributed by atoms with E-state index in [9.17, 15) is 0 Å². The van der Waals surface area contributed by atoms with Crippen molar-refractivity contribution in [3.05, 3.63) is 0 Å². The Bertz CT molecular complexity index is 184. The molecule has 0 amide bonds. The smallest absolute Gasteiger partial charge is 0.00970 e. The highest BCUT2D eigenvalue weighted by molar-refractivity contribution is 7.99. The van der Waals surface area contributed by atoms with Crippen molar-refractivity contribution >= 4 is 11.8 Å². The fourth-order valence-electron chi connectivity index (χ4n) is 2.94. The van der Waals surface area contributed by atoms with Gasteiger partial charge in [0.25, 0.3) is 0 Å². The van der Waals surface area contributed by atoms with Gasteiger partial charge in [-0.05, 0) is 38.6 Å². The maximum absolute atomic E-state index is 3.67. The molecule has 0 aromatic heterocycles. The van der Waals surface area contributed by atoms with E-state index in [1.165, 1.54) is 63.2 Å². The van der Waals surface area contributed by atoms with Crippen LogP contribution in [-0.2, 0) is 0 Å². The van der Waals surface area contributed by atoms with E-state index in [0.29, 0.717) is 0 Å². The molecule has 0 atom stereocenters. The van der Waals surface area contributed by atoms with Crippen molar-refractivity contribution in [2.24, 2.45) is 0 Å². The van der Waals surface area contributed by atoms with Gasteiger partial charge in [0, 0.05) is 36.7 Å². The summed E-state index contributed by atoms with van der Waals surface area (Å²) < 4.78 is 0. The van der Waals surface area contributed by atoms with Crippen LogP contribution in [0.1, 0.15) is 39.0 Å². The van der Waals surface area contributed by atoms with E-state index in [0.717, 1.165) is 12.1 Å². The molecule has 0 unspecified atom stereocenters. The second kappa shape index (κ2) is 6.87. The first-order valence-electron chi connectivity index (χ1n) is 6.95. The van der Waals surface area contributed by atoms with Gasteiger partial charge in [0.15, 0.2) is 0 Å². The third kappa shape index (κ3) is 3.64. The topological polar surface area (TPSA) is 15.3 Å². The van der Waals surface area contributed by atoms with E-state index in [-0.39, 0.29) is 0 Å². The monoisotopic (exact) mass is 242 g/mol. The zero-order chi connectivity index (χ0) is 11.2. The molecule has 0 spiro atoms. The van der Waals surface area contributed by atoms with Crippen molar-refractivity contribution in [1.82, 2.24) is 10.2 Å². The van der Waals surface area contributed by atoms with Crippen molar-refractivity contribution < 1.29 is 0 Å². The zero-order valence-electron chi connectivity index (χ0n) is 10.6. The molecule has 0 aromatic rings. The first-order chi connectivity index (χ1) is 7.90. The fraction of sp³-hybridized carbons (Fsp3) is 1.00. The standard InChI is InChI=1S/C13H26N2S/c1-2-7-14-12-3-5-13(6-4-12)15-8-10-16-11-9-15/h12-14H,2-11H2,1H3. The van der Waals surface area contributed by atoms with Gasteiger partial charge in [-0.3, -0.25) is 4.90 Å². The third-order valence-corrected chi connectivity index (χ3v) is 4.88. The minimum atomic E-state index is 0.815. The summed E-state index contributed by atoms with van der Waals surface area (Å²) in [5.74, 6) is 2.71. The second-order valence-corrected chi connectivity index (χ2v) is 6.33. The van der Waals surface area contributed by atoms with Crippen LogP contribution in [0.3, 0.4) is 0 Å². The van der Waals surface area contributed by atoms with E-state index in [4.69, 9.17) is 0 Å². The van der Waals surface area contributed by atoms with Crippen molar-refractivity contribution in [1.29, 1.82) is 0 Å². The van der Waals surface area contributed by atoms with Crippen LogP contribution in [0.5, 0.6) is 0 Å². The molecule has 1 aliphatic heterocycles. The Labute approximate surface area is 105 Å². The van der Waals surface area contributed by atoms with E-state index in [1.807, 2.05) is 0 Å². The average molecular weight is 242 g/mol. The number of nitrogens with zero attached hydrogens (tertiary/aromatic N) is 1. The van der Waals surface area contributed by atoms with Gasteiger partial charge in [-0.1, -0.05) is 6.92 Å². The highest BCUT2D eigenvalue weighted by Crippen LogP contribution is 2.25. The number of hydrogen-bond donors (Lipinski definition) is 1. The van der Waals surface area contributed by atoms with E-state index < -0.39 is 0 Å². The molecular weight excluding hydrogens is 216 g/mol. The third-order valence-electron chi connectivity index (χ3n) is 3.94. The first-order valence-corrected chi connectivity index (χ1v) is 8.11. The van der Waals surface area contributed by atoms with Gasteiger partial charge in [-0.2, -0.15) is 11.8 Å². The molecule has 1 aliphatic carbocycles. The molecule has 0 radical (unpaired) electrons. The van der Waals surface area contributed by atoms with Crippen LogP contribution >= 0.6 is 11.8 Å². The highest BCUT2D eigenvalue weighted by Gasteiger charge is 2.26. The van der Waals surface area contributed by atoms with E-state index >= 15 is 0 Å². The minimum Gasteiger partial charge on any atom is -0.314 e. The normalized spacial score (nSPS) is 32.8. The van der Waals surface area contributed by atoms with Crippen LogP contribution < -0.4 is 5.32 Å². The summed E-state index contributed by atoms with van der Waals surface area (Å²) in [5, 5.41) is 3.67. The molecule has 0 aromatic carbocycles. The maximum atomic E-state index is 3.67. The Hall–Kier alpha value is 0.270. The molecule has 2 fully saturated rings. The fourth-order valence-corrected chi connectivity index (χ4v) is 3.87. The molecule has 1 N–H and O–H groups in total. The molecule has 94 valence electrons. The summed E-state index contributed by atoms with van der Waals surface area (Å²) >= 11 is 2.12. The predicted octanol–water partition coefficient (Wildman–Crippen LogP) is 2.35. The molecule has 2 rings (SSSR count). The summed E-state index contributed by atoms with van der Waals surface area (Å²) in [5.41, 5.74) is 0. The summed E-state index contributed by atoms with van der Waals surface area (Å²) in [6.45, 7) is 6.13. The van der Waals surface area contributed by atoms with E-state index in [2.05, 4.69) is 28.9 Å². The maximum Gasteiger partial charge on any atom is 0.00970 e. The quantitative estimate of drug-likeness (QED) is 0.815. The van der Waals surface area contributed by atoms with Crippen LogP contribution in [-0.4, -0.2) is 48.1 Å². The Morgan fingerprint density at radius 2 is 1.81 bits per heavy atom. The van der Waals surface area contributed by atoms with Gasteiger partial charge >= 0.3 is 0 Å².